The minimum Gasteiger partial charge on any atom is -0.477 e. The molecule has 5 nitrogen and oxygen atoms in total. The Kier molecular flexibility index (Phi) is 4.75. The highest BCUT2D eigenvalue weighted by Crippen LogP contribution is 2.26. The summed E-state index contributed by atoms with van der Waals surface area (Å²) < 4.78 is 0. The Morgan fingerprint density at radius 3 is 3.11 bits per heavy atom. The molecule has 0 spiro atoms. The number of rotatable bonds is 6. The van der Waals surface area contributed by atoms with Gasteiger partial charge in [0.2, 0.25) is 5.16 Å². The fraction of sp³-hybridized carbons (Fsp3) is 0.250. The molecule has 0 aromatic carbocycles. The molecule has 100 valence electrons. The fourth-order valence-corrected chi connectivity index (χ4v) is 2.86. The molecule has 0 saturated heterocycles. The number of hydrogen-bond donors (Lipinski definition) is 2. The molecular formula is C12H13N3O2S2. The molecule has 0 aliphatic carbocycles. The largest absolute Gasteiger partial charge is 0.477 e. The Hall–Kier alpha value is -1.60. The van der Waals surface area contributed by atoms with Crippen LogP contribution in [0.25, 0.3) is 6.08 Å². The van der Waals surface area contributed by atoms with Gasteiger partial charge < -0.3 is 5.11 Å². The third-order valence-electron chi connectivity index (χ3n) is 2.23. The number of thiophene rings is 1. The number of hydrogen-bond acceptors (Lipinski definition) is 5. The monoisotopic (exact) mass is 295 g/mol. The van der Waals surface area contributed by atoms with Gasteiger partial charge >= 0.3 is 5.97 Å². The van der Waals surface area contributed by atoms with Gasteiger partial charge in [0.25, 0.3) is 0 Å². The van der Waals surface area contributed by atoms with Crippen LogP contribution in [0.4, 0.5) is 0 Å². The maximum atomic E-state index is 11.2. The van der Waals surface area contributed by atoms with E-state index in [-0.39, 0.29) is 4.91 Å². The number of carboxylic acid groups (broad SMARTS) is 1. The molecule has 2 rings (SSSR count). The van der Waals surface area contributed by atoms with E-state index in [4.69, 9.17) is 0 Å². The van der Waals surface area contributed by atoms with E-state index >= 15 is 0 Å². The lowest BCUT2D eigenvalue weighted by molar-refractivity contribution is -0.131. The Labute approximate surface area is 118 Å². The predicted molar refractivity (Wildman–Crippen MR) is 76.2 cm³/mol. The van der Waals surface area contributed by atoms with Gasteiger partial charge in [0, 0.05) is 11.3 Å². The SMILES string of the molecule is CCCc1nc(S/C(=C/c2cccs2)C(=O)O)n[nH]1. The summed E-state index contributed by atoms with van der Waals surface area (Å²) in [5, 5.41) is 18.4. The van der Waals surface area contributed by atoms with E-state index in [9.17, 15) is 9.90 Å². The molecule has 0 aliphatic heterocycles. The number of H-pyrrole nitrogens is 1. The van der Waals surface area contributed by atoms with E-state index in [0.29, 0.717) is 5.16 Å². The summed E-state index contributed by atoms with van der Waals surface area (Å²) >= 11 is 2.55. The number of carbonyl (C=O) groups is 1. The highest BCUT2D eigenvalue weighted by Gasteiger charge is 2.13. The molecule has 7 heteroatoms. The minimum atomic E-state index is -0.972. The first-order valence-corrected chi connectivity index (χ1v) is 7.46. The summed E-state index contributed by atoms with van der Waals surface area (Å²) in [5.41, 5.74) is 0. The lowest BCUT2D eigenvalue weighted by Crippen LogP contribution is -1.96. The van der Waals surface area contributed by atoms with Crippen molar-refractivity contribution in [2.45, 2.75) is 24.9 Å². The first-order valence-electron chi connectivity index (χ1n) is 5.76. The van der Waals surface area contributed by atoms with Gasteiger partial charge in [-0.1, -0.05) is 13.0 Å². The van der Waals surface area contributed by atoms with Crippen molar-refractivity contribution in [3.63, 3.8) is 0 Å². The van der Waals surface area contributed by atoms with Gasteiger partial charge in [-0.2, -0.15) is 0 Å². The Bertz CT molecular complexity index is 576. The Morgan fingerprint density at radius 1 is 1.63 bits per heavy atom. The molecule has 2 aromatic rings. The van der Waals surface area contributed by atoms with Gasteiger partial charge in [-0.15, -0.1) is 16.4 Å². The fourth-order valence-electron chi connectivity index (χ4n) is 1.41. The Morgan fingerprint density at radius 2 is 2.47 bits per heavy atom. The van der Waals surface area contributed by atoms with Crippen LogP contribution >= 0.6 is 23.1 Å². The first kappa shape index (κ1) is 13.8. The van der Waals surface area contributed by atoms with Crippen LogP contribution in [0.1, 0.15) is 24.0 Å². The Balaban J connectivity index is 2.14. The van der Waals surface area contributed by atoms with Gasteiger partial charge in [0.05, 0.1) is 0 Å². The van der Waals surface area contributed by atoms with Crippen LogP contribution in [0.15, 0.2) is 27.6 Å². The molecule has 2 aromatic heterocycles. The van der Waals surface area contributed by atoms with Crippen LogP contribution in [0.2, 0.25) is 0 Å². The molecule has 0 atom stereocenters. The number of aryl methyl sites for hydroxylation is 1. The third kappa shape index (κ3) is 3.93. The van der Waals surface area contributed by atoms with E-state index in [2.05, 4.69) is 22.1 Å². The second-order valence-corrected chi connectivity index (χ2v) is 5.73. The number of aliphatic carboxylic acids is 1. The van der Waals surface area contributed by atoms with Crippen molar-refractivity contribution >= 4 is 35.1 Å². The van der Waals surface area contributed by atoms with Gasteiger partial charge in [-0.05, 0) is 35.7 Å². The second kappa shape index (κ2) is 6.53. The minimum absolute atomic E-state index is 0.212. The quantitative estimate of drug-likeness (QED) is 0.632. The summed E-state index contributed by atoms with van der Waals surface area (Å²) in [7, 11) is 0. The zero-order chi connectivity index (χ0) is 13.7. The van der Waals surface area contributed by atoms with Crippen LogP contribution < -0.4 is 0 Å². The lowest BCUT2D eigenvalue weighted by atomic mass is 10.3. The van der Waals surface area contributed by atoms with Crippen LogP contribution in [-0.4, -0.2) is 26.3 Å². The maximum absolute atomic E-state index is 11.2. The van der Waals surface area contributed by atoms with Gasteiger partial charge in [0.1, 0.15) is 10.7 Å². The summed E-state index contributed by atoms with van der Waals surface area (Å²) in [4.78, 5) is 16.6. The number of aromatic amines is 1. The van der Waals surface area contributed by atoms with E-state index in [1.165, 1.54) is 11.3 Å². The van der Waals surface area contributed by atoms with Crippen molar-refractivity contribution in [1.82, 2.24) is 15.2 Å². The van der Waals surface area contributed by atoms with Crippen molar-refractivity contribution in [1.29, 1.82) is 0 Å². The topological polar surface area (TPSA) is 78.9 Å². The van der Waals surface area contributed by atoms with Crippen molar-refractivity contribution in [2.24, 2.45) is 0 Å². The third-order valence-corrected chi connectivity index (χ3v) is 3.92. The number of nitrogens with zero attached hydrogens (tertiary/aromatic N) is 2. The molecule has 0 saturated carbocycles. The molecule has 0 fully saturated rings. The molecular weight excluding hydrogens is 282 g/mol. The van der Waals surface area contributed by atoms with E-state index in [1.807, 2.05) is 17.5 Å². The first-order chi connectivity index (χ1) is 9.19. The average molecular weight is 295 g/mol. The van der Waals surface area contributed by atoms with Crippen molar-refractivity contribution in [3.8, 4) is 0 Å². The van der Waals surface area contributed by atoms with Crippen molar-refractivity contribution in [3.05, 3.63) is 33.1 Å². The normalized spacial score (nSPS) is 11.7. The average Bonchev–Trinajstić information content (AvgIpc) is 3.01. The smallest absolute Gasteiger partial charge is 0.342 e. The number of thioether (sulfide) groups is 1. The van der Waals surface area contributed by atoms with Crippen LogP contribution in [0, 0.1) is 0 Å². The maximum Gasteiger partial charge on any atom is 0.342 e. The van der Waals surface area contributed by atoms with E-state index in [1.54, 1.807) is 6.08 Å². The highest BCUT2D eigenvalue weighted by molar-refractivity contribution is 8.04. The number of carboxylic acids is 1. The van der Waals surface area contributed by atoms with Gasteiger partial charge in [0.15, 0.2) is 0 Å². The molecule has 0 unspecified atom stereocenters. The molecule has 2 N–H and O–H groups in total. The summed E-state index contributed by atoms with van der Waals surface area (Å²) in [5.74, 6) is -0.189. The molecule has 0 radical (unpaired) electrons. The number of aromatic nitrogens is 3. The highest BCUT2D eigenvalue weighted by atomic mass is 32.2. The van der Waals surface area contributed by atoms with Gasteiger partial charge in [-0.3, -0.25) is 5.10 Å². The number of nitrogens with one attached hydrogen (secondary N) is 1. The van der Waals surface area contributed by atoms with Crippen molar-refractivity contribution in [2.75, 3.05) is 0 Å². The molecule has 2 heterocycles. The zero-order valence-electron chi connectivity index (χ0n) is 10.3. The lowest BCUT2D eigenvalue weighted by Gasteiger charge is -1.97. The predicted octanol–water partition coefficient (Wildman–Crippen LogP) is 3.04. The van der Waals surface area contributed by atoms with Crippen LogP contribution in [0.3, 0.4) is 0 Å². The molecule has 0 amide bonds. The standard InChI is InChI=1S/C12H13N3O2S2/c1-2-4-10-13-12(15-14-10)19-9(11(16)17)7-8-5-3-6-18-8/h3,5-7H,2,4H2,1H3,(H,16,17)(H,13,14,15)/b9-7+. The van der Waals surface area contributed by atoms with Crippen molar-refractivity contribution < 1.29 is 9.90 Å². The summed E-state index contributed by atoms with van der Waals surface area (Å²) in [6.45, 7) is 2.05. The zero-order valence-corrected chi connectivity index (χ0v) is 11.9. The summed E-state index contributed by atoms with van der Waals surface area (Å²) in [6.07, 6.45) is 3.41. The summed E-state index contributed by atoms with van der Waals surface area (Å²) in [6, 6.07) is 3.75. The molecule has 0 bridgehead atoms. The molecule has 0 aliphatic rings. The second-order valence-electron chi connectivity index (χ2n) is 3.75. The van der Waals surface area contributed by atoms with E-state index in [0.717, 1.165) is 35.3 Å². The van der Waals surface area contributed by atoms with Gasteiger partial charge in [-0.25, -0.2) is 9.78 Å². The molecule has 19 heavy (non-hydrogen) atoms. The van der Waals surface area contributed by atoms with Crippen LogP contribution in [-0.2, 0) is 11.2 Å². The van der Waals surface area contributed by atoms with E-state index < -0.39 is 5.97 Å². The van der Waals surface area contributed by atoms with Crippen LogP contribution in [0.5, 0.6) is 0 Å².